The maximum atomic E-state index is 14.7. The SMILES string of the molecule is CNCc1ccc(-c2nnc(-c3nc(-c4ccc(S(=O)(=O)C(C)C)c(F)c4)cnc3C)o2)c(F)c1.[HH]. The van der Waals surface area contributed by atoms with Gasteiger partial charge < -0.3 is 9.73 Å². The molecule has 35 heavy (non-hydrogen) atoms. The number of nitrogens with one attached hydrogen (secondary N) is 1. The molecule has 2 aromatic carbocycles. The van der Waals surface area contributed by atoms with E-state index in [1.165, 1.54) is 38.2 Å². The van der Waals surface area contributed by atoms with E-state index in [1.54, 1.807) is 26.1 Å². The fourth-order valence-electron chi connectivity index (χ4n) is 3.41. The Morgan fingerprint density at radius 3 is 2.46 bits per heavy atom. The lowest BCUT2D eigenvalue weighted by Gasteiger charge is -2.10. The molecule has 0 fully saturated rings. The van der Waals surface area contributed by atoms with E-state index in [1.807, 2.05) is 0 Å². The van der Waals surface area contributed by atoms with Crippen LogP contribution in [0.1, 0.15) is 26.5 Å². The second-order valence-electron chi connectivity index (χ2n) is 8.19. The Kier molecular flexibility index (Phi) is 6.73. The Labute approximate surface area is 202 Å². The Morgan fingerprint density at radius 1 is 1.06 bits per heavy atom. The van der Waals surface area contributed by atoms with Crippen molar-refractivity contribution in [2.75, 3.05) is 7.05 Å². The Morgan fingerprint density at radius 2 is 1.80 bits per heavy atom. The van der Waals surface area contributed by atoms with Crippen LogP contribution in [-0.2, 0) is 16.4 Å². The van der Waals surface area contributed by atoms with Crippen LogP contribution in [0.15, 0.2) is 51.9 Å². The van der Waals surface area contributed by atoms with Gasteiger partial charge in [-0.3, -0.25) is 4.98 Å². The number of hydrogen-bond acceptors (Lipinski definition) is 8. The number of hydrogen-bond donors (Lipinski definition) is 1. The number of benzene rings is 2. The van der Waals surface area contributed by atoms with E-state index >= 15 is 0 Å². The zero-order valence-electron chi connectivity index (χ0n) is 19.5. The second kappa shape index (κ2) is 9.59. The Balaban J connectivity index is 0.00000361. The maximum Gasteiger partial charge on any atom is 0.268 e. The van der Waals surface area contributed by atoms with E-state index in [0.29, 0.717) is 17.8 Å². The maximum absolute atomic E-state index is 14.7. The van der Waals surface area contributed by atoms with Gasteiger partial charge in [0.1, 0.15) is 22.2 Å². The van der Waals surface area contributed by atoms with Gasteiger partial charge in [0.05, 0.1) is 28.4 Å². The third-order valence-corrected chi connectivity index (χ3v) is 7.57. The summed E-state index contributed by atoms with van der Waals surface area (Å²) in [4.78, 5) is 8.38. The highest BCUT2D eigenvalue weighted by Gasteiger charge is 2.24. The van der Waals surface area contributed by atoms with Crippen LogP contribution in [0.4, 0.5) is 8.78 Å². The van der Waals surface area contributed by atoms with E-state index in [2.05, 4.69) is 25.5 Å². The molecule has 0 aliphatic heterocycles. The first-order valence-electron chi connectivity index (χ1n) is 10.8. The van der Waals surface area contributed by atoms with Crippen molar-refractivity contribution >= 4 is 9.84 Å². The van der Waals surface area contributed by atoms with Gasteiger partial charge >= 0.3 is 0 Å². The first-order chi connectivity index (χ1) is 16.6. The van der Waals surface area contributed by atoms with Crippen molar-refractivity contribution in [3.05, 3.63) is 65.5 Å². The minimum Gasteiger partial charge on any atom is -0.414 e. The second-order valence-corrected chi connectivity index (χ2v) is 10.7. The highest BCUT2D eigenvalue weighted by atomic mass is 32.2. The fourth-order valence-corrected chi connectivity index (χ4v) is 4.51. The molecule has 0 aliphatic carbocycles. The van der Waals surface area contributed by atoms with Crippen LogP contribution in [0.3, 0.4) is 0 Å². The smallest absolute Gasteiger partial charge is 0.268 e. The lowest BCUT2D eigenvalue weighted by Crippen LogP contribution is -2.15. The molecule has 0 spiro atoms. The Hall–Kier alpha value is -3.57. The first kappa shape index (κ1) is 24.6. The summed E-state index contributed by atoms with van der Waals surface area (Å²) in [7, 11) is -2.01. The third-order valence-electron chi connectivity index (χ3n) is 5.38. The van der Waals surface area contributed by atoms with Gasteiger partial charge in [-0.15, -0.1) is 10.2 Å². The molecule has 8 nitrogen and oxygen atoms in total. The number of sulfone groups is 1. The summed E-state index contributed by atoms with van der Waals surface area (Å²) in [6, 6.07) is 8.47. The molecule has 0 saturated heterocycles. The normalized spacial score (nSPS) is 11.9. The summed E-state index contributed by atoms with van der Waals surface area (Å²) in [5, 5.41) is 10.1. The van der Waals surface area contributed by atoms with Gasteiger partial charge in [-0.25, -0.2) is 22.2 Å². The van der Waals surface area contributed by atoms with E-state index in [4.69, 9.17) is 4.42 Å². The van der Waals surface area contributed by atoms with Crippen molar-refractivity contribution in [1.82, 2.24) is 25.5 Å². The van der Waals surface area contributed by atoms with Crippen LogP contribution in [0.2, 0.25) is 0 Å². The molecule has 0 bridgehead atoms. The Bertz CT molecular complexity index is 1510. The van der Waals surface area contributed by atoms with Crippen molar-refractivity contribution < 1.29 is 23.0 Å². The molecule has 0 aliphatic rings. The van der Waals surface area contributed by atoms with Crippen molar-refractivity contribution in [1.29, 1.82) is 0 Å². The van der Waals surface area contributed by atoms with E-state index in [-0.39, 0.29) is 35.1 Å². The minimum atomic E-state index is -3.78. The molecule has 0 radical (unpaired) electrons. The highest BCUT2D eigenvalue weighted by Crippen LogP contribution is 2.29. The fraction of sp³-hybridized carbons (Fsp3) is 0.250. The average molecular weight is 502 g/mol. The quantitative estimate of drug-likeness (QED) is 0.391. The molecular weight excluding hydrogens is 476 g/mol. The van der Waals surface area contributed by atoms with Crippen molar-refractivity contribution in [3.63, 3.8) is 0 Å². The topological polar surface area (TPSA) is 111 Å². The molecule has 1 N–H and O–H groups in total. The summed E-state index contributed by atoms with van der Waals surface area (Å²) in [6.45, 7) is 5.17. The van der Waals surface area contributed by atoms with Crippen molar-refractivity contribution in [3.8, 4) is 34.3 Å². The number of nitrogens with zero attached hydrogens (tertiary/aromatic N) is 4. The van der Waals surface area contributed by atoms with Crippen LogP contribution in [0, 0.1) is 18.6 Å². The van der Waals surface area contributed by atoms with Crippen LogP contribution in [-0.4, -0.2) is 40.9 Å². The van der Waals surface area contributed by atoms with Crippen LogP contribution < -0.4 is 5.32 Å². The number of aromatic nitrogens is 4. The van der Waals surface area contributed by atoms with E-state index in [9.17, 15) is 17.2 Å². The zero-order chi connectivity index (χ0) is 25.3. The molecule has 4 aromatic rings. The highest BCUT2D eigenvalue weighted by molar-refractivity contribution is 7.92. The summed E-state index contributed by atoms with van der Waals surface area (Å²) in [5.41, 5.74) is 2.22. The molecule has 2 heterocycles. The van der Waals surface area contributed by atoms with Gasteiger partial charge in [0.2, 0.25) is 0 Å². The molecular formula is C24H25F2N5O3S. The molecule has 0 saturated carbocycles. The summed E-state index contributed by atoms with van der Waals surface area (Å²) in [5.74, 6) is -1.38. The number of halogens is 2. The summed E-state index contributed by atoms with van der Waals surface area (Å²) < 4.78 is 59.7. The van der Waals surface area contributed by atoms with E-state index in [0.717, 1.165) is 11.6 Å². The van der Waals surface area contributed by atoms with Crippen molar-refractivity contribution in [2.24, 2.45) is 0 Å². The third kappa shape index (κ3) is 4.82. The lowest BCUT2D eigenvalue weighted by molar-refractivity contribution is 0.561. The standard InChI is InChI=1S/C24H23F2N5O3S.H2/c1-13(2)35(32,33)21-8-6-16(10-19(21)26)20-12-28-14(3)22(29-20)24-31-30-23(34-24)17-7-5-15(11-27-4)9-18(17)25;/h5-10,12-13,27H,11H2,1-4H3;1H. The molecule has 0 atom stereocenters. The summed E-state index contributed by atoms with van der Waals surface area (Å²) in [6.07, 6.45) is 1.43. The van der Waals surface area contributed by atoms with Gasteiger partial charge in [-0.05, 0) is 57.6 Å². The summed E-state index contributed by atoms with van der Waals surface area (Å²) >= 11 is 0. The lowest BCUT2D eigenvalue weighted by atomic mass is 10.1. The molecule has 11 heteroatoms. The van der Waals surface area contributed by atoms with Crippen LogP contribution >= 0.6 is 0 Å². The predicted octanol–water partition coefficient (Wildman–Crippen LogP) is 4.59. The van der Waals surface area contributed by atoms with Gasteiger partial charge in [0.25, 0.3) is 11.8 Å². The molecule has 184 valence electrons. The van der Waals surface area contributed by atoms with Gasteiger partial charge in [0.15, 0.2) is 9.84 Å². The first-order valence-corrected chi connectivity index (χ1v) is 12.3. The van der Waals surface area contributed by atoms with Crippen molar-refractivity contribution in [2.45, 2.75) is 37.5 Å². The van der Waals surface area contributed by atoms with Gasteiger partial charge in [-0.2, -0.15) is 0 Å². The molecule has 2 aromatic heterocycles. The number of rotatable bonds is 7. The van der Waals surface area contributed by atoms with Crippen LogP contribution in [0.25, 0.3) is 34.3 Å². The number of aryl methyl sites for hydroxylation is 1. The predicted molar refractivity (Wildman–Crippen MR) is 128 cm³/mol. The van der Waals surface area contributed by atoms with Gasteiger partial charge in [0, 0.05) is 13.5 Å². The van der Waals surface area contributed by atoms with E-state index < -0.39 is 26.7 Å². The van der Waals surface area contributed by atoms with Gasteiger partial charge in [-0.1, -0.05) is 12.1 Å². The molecule has 0 unspecified atom stereocenters. The monoisotopic (exact) mass is 501 g/mol. The minimum absolute atomic E-state index is 0. The average Bonchev–Trinajstić information content (AvgIpc) is 3.29. The molecule has 4 rings (SSSR count). The van der Waals surface area contributed by atoms with Crippen LogP contribution in [0.5, 0.6) is 0 Å². The molecule has 0 amide bonds. The largest absolute Gasteiger partial charge is 0.414 e. The zero-order valence-corrected chi connectivity index (χ0v) is 20.3.